The second-order valence-corrected chi connectivity index (χ2v) is 6.16. The van der Waals surface area contributed by atoms with Crippen LogP contribution >= 0.6 is 11.6 Å². The molecule has 0 fully saturated rings. The molecule has 0 aliphatic carbocycles. The largest absolute Gasteiger partial charge is 0.261 e. The van der Waals surface area contributed by atoms with Crippen LogP contribution in [-0.4, -0.2) is 35.9 Å². The number of alkyl halides is 1. The van der Waals surface area contributed by atoms with Crippen molar-refractivity contribution < 1.29 is 8.42 Å². The van der Waals surface area contributed by atoms with Crippen molar-refractivity contribution in [1.82, 2.24) is 9.29 Å². The molecule has 2 heterocycles. The summed E-state index contributed by atoms with van der Waals surface area (Å²) in [6, 6.07) is 3.75. The highest BCUT2D eigenvalue weighted by atomic mass is 35.5. The molecule has 0 bridgehead atoms. The second kappa shape index (κ2) is 4.69. The highest BCUT2D eigenvalue weighted by molar-refractivity contribution is 7.89. The van der Waals surface area contributed by atoms with E-state index in [4.69, 9.17) is 11.6 Å². The van der Waals surface area contributed by atoms with E-state index >= 15 is 0 Å². The lowest BCUT2D eigenvalue weighted by Gasteiger charge is -2.27. The third-order valence-corrected chi connectivity index (χ3v) is 4.89. The minimum atomic E-state index is -3.20. The van der Waals surface area contributed by atoms with Crippen LogP contribution in [0.4, 0.5) is 0 Å². The number of aromatic nitrogens is 1. The van der Waals surface area contributed by atoms with Gasteiger partial charge in [-0.2, -0.15) is 4.31 Å². The molecule has 0 saturated heterocycles. The van der Waals surface area contributed by atoms with Crippen LogP contribution in [0.15, 0.2) is 18.3 Å². The maximum Gasteiger partial charge on any atom is 0.215 e. The Morgan fingerprint density at radius 3 is 3.06 bits per heavy atom. The van der Waals surface area contributed by atoms with Crippen molar-refractivity contribution >= 4 is 21.6 Å². The first-order valence-corrected chi connectivity index (χ1v) is 7.24. The minimum Gasteiger partial charge on any atom is -0.261 e. The lowest BCUT2D eigenvalue weighted by atomic mass is 10.1. The molecule has 4 nitrogen and oxygen atoms in total. The van der Waals surface area contributed by atoms with E-state index in [1.807, 2.05) is 12.1 Å². The van der Waals surface area contributed by atoms with Gasteiger partial charge in [-0.1, -0.05) is 6.07 Å². The highest BCUT2D eigenvalue weighted by Gasteiger charge is 2.26. The summed E-state index contributed by atoms with van der Waals surface area (Å²) in [6.07, 6.45) is 2.42. The van der Waals surface area contributed by atoms with Crippen LogP contribution in [0.5, 0.6) is 0 Å². The fourth-order valence-corrected chi connectivity index (χ4v) is 3.55. The average molecular weight is 261 g/mol. The second-order valence-electron chi connectivity index (χ2n) is 3.70. The molecule has 0 unspecified atom stereocenters. The monoisotopic (exact) mass is 260 g/mol. The number of halogens is 1. The Morgan fingerprint density at radius 1 is 1.50 bits per heavy atom. The lowest BCUT2D eigenvalue weighted by molar-refractivity contribution is 0.388. The fourth-order valence-electron chi connectivity index (χ4n) is 1.80. The molecule has 16 heavy (non-hydrogen) atoms. The standard InChI is InChI=1S/C10H13ClN2O2S/c11-4-7-16(14,15)13-6-3-10-9(8-13)2-1-5-12-10/h1-2,5H,3-4,6-8H2. The topological polar surface area (TPSA) is 50.3 Å². The molecule has 0 N–H and O–H groups in total. The molecule has 0 aromatic carbocycles. The maximum atomic E-state index is 11.8. The quantitative estimate of drug-likeness (QED) is 0.762. The van der Waals surface area contributed by atoms with Crippen molar-refractivity contribution in [3.8, 4) is 0 Å². The van der Waals surface area contributed by atoms with Crippen molar-refractivity contribution in [3.05, 3.63) is 29.6 Å². The van der Waals surface area contributed by atoms with Crippen LogP contribution < -0.4 is 0 Å². The Hall–Kier alpha value is -0.650. The summed E-state index contributed by atoms with van der Waals surface area (Å²) in [5, 5.41) is 0. The summed E-state index contributed by atoms with van der Waals surface area (Å²) < 4.78 is 25.1. The molecular weight excluding hydrogens is 248 g/mol. The van der Waals surface area contributed by atoms with Gasteiger partial charge in [0.25, 0.3) is 0 Å². The summed E-state index contributed by atoms with van der Waals surface area (Å²) >= 11 is 5.49. The zero-order valence-corrected chi connectivity index (χ0v) is 10.3. The number of hydrogen-bond donors (Lipinski definition) is 0. The molecule has 0 radical (unpaired) electrons. The van der Waals surface area contributed by atoms with E-state index in [1.54, 1.807) is 6.20 Å². The predicted octanol–water partition coefficient (Wildman–Crippen LogP) is 1.01. The fraction of sp³-hybridized carbons (Fsp3) is 0.500. The highest BCUT2D eigenvalue weighted by Crippen LogP contribution is 2.19. The molecular formula is C10H13ClN2O2S. The normalized spacial score (nSPS) is 17.1. The number of sulfonamides is 1. The predicted molar refractivity (Wildman–Crippen MR) is 62.9 cm³/mol. The first kappa shape index (κ1) is 11.8. The van der Waals surface area contributed by atoms with Crippen LogP contribution in [0, 0.1) is 0 Å². The number of pyridine rings is 1. The van der Waals surface area contributed by atoms with Gasteiger partial charge < -0.3 is 0 Å². The van der Waals surface area contributed by atoms with Gasteiger partial charge in [0, 0.05) is 37.3 Å². The Kier molecular flexibility index (Phi) is 3.47. The van der Waals surface area contributed by atoms with Crippen molar-refractivity contribution in [1.29, 1.82) is 0 Å². The Balaban J connectivity index is 2.20. The van der Waals surface area contributed by atoms with Gasteiger partial charge in [-0.25, -0.2) is 8.42 Å². The Bertz CT molecular complexity index is 475. The van der Waals surface area contributed by atoms with Gasteiger partial charge in [0.05, 0.1) is 5.75 Å². The first-order chi connectivity index (χ1) is 7.63. The number of rotatable bonds is 3. The average Bonchev–Trinajstić information content (AvgIpc) is 2.28. The van der Waals surface area contributed by atoms with Gasteiger partial charge in [-0.15, -0.1) is 11.6 Å². The number of hydrogen-bond acceptors (Lipinski definition) is 3. The van der Waals surface area contributed by atoms with Crippen molar-refractivity contribution in [3.63, 3.8) is 0 Å². The van der Waals surface area contributed by atoms with Gasteiger partial charge in [0.2, 0.25) is 10.0 Å². The molecule has 0 spiro atoms. The summed E-state index contributed by atoms with van der Waals surface area (Å²) in [6.45, 7) is 0.922. The van der Waals surface area contributed by atoms with Crippen molar-refractivity contribution in [2.45, 2.75) is 13.0 Å². The van der Waals surface area contributed by atoms with E-state index in [0.29, 0.717) is 19.5 Å². The van der Waals surface area contributed by atoms with Crippen molar-refractivity contribution in [2.24, 2.45) is 0 Å². The van der Waals surface area contributed by atoms with Gasteiger partial charge in [-0.05, 0) is 11.6 Å². The van der Waals surface area contributed by atoms with E-state index in [9.17, 15) is 8.42 Å². The molecule has 1 aliphatic rings. The van der Waals surface area contributed by atoms with E-state index in [2.05, 4.69) is 4.98 Å². The van der Waals surface area contributed by atoms with Gasteiger partial charge in [-0.3, -0.25) is 4.98 Å². The zero-order chi connectivity index (χ0) is 11.6. The zero-order valence-electron chi connectivity index (χ0n) is 8.76. The van der Waals surface area contributed by atoms with Crippen LogP contribution in [0.1, 0.15) is 11.3 Å². The molecule has 0 atom stereocenters. The molecule has 2 rings (SSSR count). The van der Waals surface area contributed by atoms with E-state index in [1.165, 1.54) is 4.31 Å². The summed E-state index contributed by atoms with van der Waals surface area (Å²) in [7, 11) is -3.20. The van der Waals surface area contributed by atoms with E-state index in [-0.39, 0.29) is 11.6 Å². The number of nitrogens with zero attached hydrogens (tertiary/aromatic N) is 2. The summed E-state index contributed by atoms with van der Waals surface area (Å²) in [5.74, 6) is 0.142. The summed E-state index contributed by atoms with van der Waals surface area (Å²) in [5.41, 5.74) is 1.99. The van der Waals surface area contributed by atoms with E-state index < -0.39 is 10.0 Å². The molecule has 1 aromatic rings. The lowest BCUT2D eigenvalue weighted by Crippen LogP contribution is -2.38. The van der Waals surface area contributed by atoms with Gasteiger partial charge in [0.1, 0.15) is 0 Å². The van der Waals surface area contributed by atoms with Crippen LogP contribution in [-0.2, 0) is 23.0 Å². The first-order valence-electron chi connectivity index (χ1n) is 5.10. The smallest absolute Gasteiger partial charge is 0.215 e. The van der Waals surface area contributed by atoms with Gasteiger partial charge >= 0.3 is 0 Å². The summed E-state index contributed by atoms with van der Waals surface area (Å²) in [4.78, 5) is 4.23. The third-order valence-electron chi connectivity index (χ3n) is 2.66. The van der Waals surface area contributed by atoms with Gasteiger partial charge in [0.15, 0.2) is 0 Å². The van der Waals surface area contributed by atoms with E-state index in [0.717, 1.165) is 11.3 Å². The molecule has 88 valence electrons. The number of fused-ring (bicyclic) bond motifs is 1. The minimum absolute atomic E-state index is 0.00412. The Morgan fingerprint density at radius 2 is 2.31 bits per heavy atom. The maximum absolute atomic E-state index is 11.8. The molecule has 0 amide bonds. The van der Waals surface area contributed by atoms with Crippen LogP contribution in [0.25, 0.3) is 0 Å². The third kappa shape index (κ3) is 2.36. The molecule has 0 saturated carbocycles. The molecule has 6 heteroatoms. The van der Waals surface area contributed by atoms with Crippen LogP contribution in [0.2, 0.25) is 0 Å². The van der Waals surface area contributed by atoms with Crippen LogP contribution in [0.3, 0.4) is 0 Å². The Labute approximate surface area is 100 Å². The molecule has 1 aromatic heterocycles. The molecule has 1 aliphatic heterocycles. The SMILES string of the molecule is O=S(=O)(CCCl)N1CCc2ncccc2C1. The van der Waals surface area contributed by atoms with Crippen molar-refractivity contribution in [2.75, 3.05) is 18.2 Å².